The Morgan fingerprint density at radius 3 is 2.39 bits per heavy atom. The maximum atomic E-state index is 13.1. The van der Waals surface area contributed by atoms with Gasteiger partial charge in [0.2, 0.25) is 0 Å². The molecule has 0 spiro atoms. The highest BCUT2D eigenvalue weighted by Crippen LogP contribution is 2.35. The first kappa shape index (κ1) is 19.2. The van der Waals surface area contributed by atoms with Crippen molar-refractivity contribution < 1.29 is 22.7 Å². The van der Waals surface area contributed by atoms with Crippen molar-refractivity contribution in [1.29, 1.82) is 0 Å². The van der Waals surface area contributed by atoms with Crippen LogP contribution in [0, 0.1) is 0 Å². The molecular formula is C20H16F3N3O2. The molecule has 3 rings (SSSR count). The van der Waals surface area contributed by atoms with E-state index in [1.165, 1.54) is 43.6 Å². The Hall–Kier alpha value is -3.55. The lowest BCUT2D eigenvalue weighted by molar-refractivity contribution is -0.136. The molecule has 0 aliphatic rings. The number of para-hydroxylation sites is 1. The quantitative estimate of drug-likeness (QED) is 0.639. The minimum atomic E-state index is -4.49. The van der Waals surface area contributed by atoms with Gasteiger partial charge in [-0.2, -0.15) is 13.2 Å². The van der Waals surface area contributed by atoms with E-state index in [1.807, 2.05) is 0 Å². The summed E-state index contributed by atoms with van der Waals surface area (Å²) in [5.74, 6) is 0.156. The van der Waals surface area contributed by atoms with Crippen molar-refractivity contribution in [3.63, 3.8) is 0 Å². The van der Waals surface area contributed by atoms with Crippen molar-refractivity contribution in [1.82, 2.24) is 4.98 Å². The van der Waals surface area contributed by atoms with Crippen LogP contribution in [0.1, 0.15) is 16.1 Å². The third-order valence-corrected chi connectivity index (χ3v) is 3.85. The van der Waals surface area contributed by atoms with E-state index >= 15 is 0 Å². The maximum Gasteiger partial charge on any atom is 0.418 e. The Morgan fingerprint density at radius 2 is 1.71 bits per heavy atom. The van der Waals surface area contributed by atoms with Gasteiger partial charge < -0.3 is 15.4 Å². The minimum Gasteiger partial charge on any atom is -0.497 e. The Balaban J connectivity index is 1.78. The number of alkyl halides is 3. The van der Waals surface area contributed by atoms with E-state index < -0.39 is 17.6 Å². The van der Waals surface area contributed by atoms with Crippen LogP contribution in [0.5, 0.6) is 5.75 Å². The number of hydrogen-bond donors (Lipinski definition) is 2. The summed E-state index contributed by atoms with van der Waals surface area (Å²) in [4.78, 5) is 16.4. The highest BCUT2D eigenvalue weighted by Gasteiger charge is 2.33. The molecule has 0 aliphatic carbocycles. The van der Waals surface area contributed by atoms with Crippen LogP contribution in [-0.2, 0) is 6.18 Å². The molecule has 0 saturated carbocycles. The first-order chi connectivity index (χ1) is 13.4. The SMILES string of the molecule is COc1ccc(NC(=O)c2cc(Nc3ccccc3C(F)(F)F)ccn2)cc1. The first-order valence-corrected chi connectivity index (χ1v) is 8.21. The van der Waals surface area contributed by atoms with Gasteiger partial charge in [-0.15, -0.1) is 0 Å². The number of methoxy groups -OCH3 is 1. The molecule has 1 aromatic heterocycles. The van der Waals surface area contributed by atoms with Gasteiger partial charge >= 0.3 is 6.18 Å². The Labute approximate surface area is 159 Å². The van der Waals surface area contributed by atoms with E-state index in [0.717, 1.165) is 6.07 Å². The van der Waals surface area contributed by atoms with E-state index in [4.69, 9.17) is 4.74 Å². The minimum absolute atomic E-state index is 0.0605. The van der Waals surface area contributed by atoms with Gasteiger partial charge in [0.1, 0.15) is 11.4 Å². The Kier molecular flexibility index (Phi) is 5.49. The largest absolute Gasteiger partial charge is 0.497 e. The summed E-state index contributed by atoms with van der Waals surface area (Å²) in [5.41, 5.74) is 0.00373. The molecule has 144 valence electrons. The van der Waals surface area contributed by atoms with Gasteiger partial charge in [-0.05, 0) is 48.5 Å². The van der Waals surface area contributed by atoms with Crippen LogP contribution in [0.3, 0.4) is 0 Å². The van der Waals surface area contributed by atoms with Crippen molar-refractivity contribution in [2.45, 2.75) is 6.18 Å². The Morgan fingerprint density at radius 1 is 1.00 bits per heavy atom. The topological polar surface area (TPSA) is 63.2 Å². The molecule has 0 bridgehead atoms. The van der Waals surface area contributed by atoms with E-state index in [1.54, 1.807) is 24.3 Å². The van der Waals surface area contributed by atoms with E-state index in [2.05, 4.69) is 15.6 Å². The number of carbonyl (C=O) groups is 1. The third-order valence-electron chi connectivity index (χ3n) is 3.85. The molecule has 2 aromatic carbocycles. The van der Waals surface area contributed by atoms with Gasteiger partial charge in [0.05, 0.1) is 18.4 Å². The number of pyridine rings is 1. The second-order valence-corrected chi connectivity index (χ2v) is 5.78. The molecule has 1 heterocycles. The molecule has 8 heteroatoms. The number of aromatic nitrogens is 1. The zero-order valence-electron chi connectivity index (χ0n) is 14.7. The summed E-state index contributed by atoms with van der Waals surface area (Å²) >= 11 is 0. The number of benzene rings is 2. The van der Waals surface area contributed by atoms with E-state index in [-0.39, 0.29) is 11.4 Å². The van der Waals surface area contributed by atoms with Crippen molar-refractivity contribution >= 4 is 23.0 Å². The molecule has 0 aliphatic heterocycles. The van der Waals surface area contributed by atoms with Crippen LogP contribution in [0.15, 0.2) is 66.9 Å². The summed E-state index contributed by atoms with van der Waals surface area (Å²) in [6.07, 6.45) is -3.15. The van der Waals surface area contributed by atoms with Crippen LogP contribution < -0.4 is 15.4 Å². The fraction of sp³-hybridized carbons (Fsp3) is 0.100. The Bertz CT molecular complexity index is 973. The molecule has 2 N–H and O–H groups in total. The lowest BCUT2D eigenvalue weighted by Crippen LogP contribution is -2.14. The van der Waals surface area contributed by atoms with Crippen LogP contribution in [0.25, 0.3) is 0 Å². The molecular weight excluding hydrogens is 371 g/mol. The molecule has 0 unspecified atom stereocenters. The standard InChI is InChI=1S/C20H16F3N3O2/c1-28-15-8-6-13(7-9-15)26-19(27)18-12-14(10-11-24-18)25-17-5-3-2-4-16(17)20(21,22)23/h2-12H,1H3,(H,24,25)(H,26,27). The van der Waals surface area contributed by atoms with Crippen molar-refractivity contribution in [2.75, 3.05) is 17.7 Å². The number of hydrogen-bond acceptors (Lipinski definition) is 4. The molecule has 0 fully saturated rings. The summed E-state index contributed by atoms with van der Waals surface area (Å²) in [5, 5.41) is 5.37. The van der Waals surface area contributed by atoms with Crippen LogP contribution in [0.2, 0.25) is 0 Å². The molecule has 5 nitrogen and oxygen atoms in total. The van der Waals surface area contributed by atoms with E-state index in [9.17, 15) is 18.0 Å². The van der Waals surface area contributed by atoms with Crippen LogP contribution >= 0.6 is 0 Å². The predicted molar refractivity (Wildman–Crippen MR) is 99.9 cm³/mol. The highest BCUT2D eigenvalue weighted by atomic mass is 19.4. The monoisotopic (exact) mass is 387 g/mol. The predicted octanol–water partition coefficient (Wildman–Crippen LogP) is 5.10. The van der Waals surface area contributed by atoms with Gasteiger partial charge in [-0.1, -0.05) is 12.1 Å². The lowest BCUT2D eigenvalue weighted by atomic mass is 10.1. The molecule has 0 radical (unpaired) electrons. The zero-order valence-corrected chi connectivity index (χ0v) is 14.7. The number of amides is 1. The summed E-state index contributed by atoms with van der Waals surface area (Å²) < 4.78 is 44.4. The summed E-state index contributed by atoms with van der Waals surface area (Å²) in [6.45, 7) is 0. The van der Waals surface area contributed by atoms with Gasteiger partial charge in [0.15, 0.2) is 0 Å². The number of anilines is 3. The summed E-state index contributed by atoms with van der Waals surface area (Å²) in [7, 11) is 1.53. The van der Waals surface area contributed by atoms with Crippen LogP contribution in [-0.4, -0.2) is 18.0 Å². The number of halogens is 3. The van der Waals surface area contributed by atoms with Crippen molar-refractivity contribution in [3.8, 4) is 5.75 Å². The second kappa shape index (κ2) is 7.99. The fourth-order valence-electron chi connectivity index (χ4n) is 2.50. The molecule has 0 atom stereocenters. The number of nitrogens with zero attached hydrogens (tertiary/aromatic N) is 1. The zero-order chi connectivity index (χ0) is 20.1. The molecule has 1 amide bonds. The van der Waals surface area contributed by atoms with Crippen LogP contribution in [0.4, 0.5) is 30.2 Å². The molecule has 3 aromatic rings. The molecule has 0 saturated heterocycles. The number of ether oxygens (including phenoxy) is 1. The normalized spacial score (nSPS) is 11.0. The van der Waals surface area contributed by atoms with E-state index in [0.29, 0.717) is 17.1 Å². The maximum absolute atomic E-state index is 13.1. The van der Waals surface area contributed by atoms with Gasteiger partial charge in [0, 0.05) is 17.6 Å². The van der Waals surface area contributed by atoms with Crippen molar-refractivity contribution in [2.24, 2.45) is 0 Å². The average molecular weight is 387 g/mol. The number of nitrogens with one attached hydrogen (secondary N) is 2. The first-order valence-electron chi connectivity index (χ1n) is 8.21. The van der Waals surface area contributed by atoms with Gasteiger partial charge in [-0.3, -0.25) is 9.78 Å². The van der Waals surface area contributed by atoms with Gasteiger partial charge in [-0.25, -0.2) is 0 Å². The third kappa shape index (κ3) is 4.59. The second-order valence-electron chi connectivity index (χ2n) is 5.78. The molecule has 28 heavy (non-hydrogen) atoms. The lowest BCUT2D eigenvalue weighted by Gasteiger charge is -2.14. The number of rotatable bonds is 5. The fourth-order valence-corrected chi connectivity index (χ4v) is 2.50. The average Bonchev–Trinajstić information content (AvgIpc) is 2.68. The number of carbonyl (C=O) groups excluding carboxylic acids is 1. The van der Waals surface area contributed by atoms with Gasteiger partial charge in [0.25, 0.3) is 5.91 Å². The highest BCUT2D eigenvalue weighted by molar-refractivity contribution is 6.03. The smallest absolute Gasteiger partial charge is 0.418 e. The summed E-state index contributed by atoms with van der Waals surface area (Å²) in [6, 6.07) is 14.7. The van der Waals surface area contributed by atoms with Crippen molar-refractivity contribution in [3.05, 3.63) is 78.1 Å².